The maximum Gasteiger partial charge on any atom is 0.119 e. The van der Waals surface area contributed by atoms with E-state index in [1.165, 1.54) is 18.4 Å². The number of hydrogen-bond donors (Lipinski definition) is 1. The molecule has 2 unspecified atom stereocenters. The molecule has 1 fully saturated rings. The molecular weight excluding hydrogens is 210 g/mol. The minimum Gasteiger partial charge on any atom is -0.497 e. The Balaban J connectivity index is 2.21. The van der Waals surface area contributed by atoms with E-state index in [-0.39, 0.29) is 0 Å². The van der Waals surface area contributed by atoms with Gasteiger partial charge in [0.15, 0.2) is 0 Å². The lowest BCUT2D eigenvalue weighted by molar-refractivity contribution is 0.413. The molecule has 2 nitrogen and oxygen atoms in total. The fourth-order valence-electron chi connectivity index (χ4n) is 2.87. The number of nitrogens with one attached hydrogen (secondary N) is 1. The van der Waals surface area contributed by atoms with Gasteiger partial charge in [-0.05, 0) is 36.6 Å². The zero-order valence-electron chi connectivity index (χ0n) is 11.1. The van der Waals surface area contributed by atoms with E-state index in [2.05, 4.69) is 37.4 Å². The quantitative estimate of drug-likeness (QED) is 0.815. The second-order valence-corrected chi connectivity index (χ2v) is 4.98. The van der Waals surface area contributed by atoms with E-state index in [0.717, 1.165) is 24.8 Å². The lowest BCUT2D eigenvalue weighted by atomic mass is 9.92. The molecule has 2 atom stereocenters. The van der Waals surface area contributed by atoms with Crippen LogP contribution in [0.2, 0.25) is 0 Å². The lowest BCUT2D eigenvalue weighted by Gasteiger charge is -2.19. The number of likely N-dealkylation sites (N-methyl/N-ethyl adjacent to an activating group) is 1. The van der Waals surface area contributed by atoms with E-state index < -0.39 is 0 Å². The summed E-state index contributed by atoms with van der Waals surface area (Å²) < 4.78 is 5.33. The van der Waals surface area contributed by atoms with Crippen LogP contribution in [-0.2, 0) is 5.41 Å². The fraction of sp³-hybridized carbons (Fsp3) is 0.600. The van der Waals surface area contributed by atoms with E-state index in [0.29, 0.717) is 5.41 Å². The highest BCUT2D eigenvalue weighted by molar-refractivity contribution is 5.39. The highest BCUT2D eigenvalue weighted by Crippen LogP contribution is 2.55. The third kappa shape index (κ3) is 2.32. The third-order valence-corrected chi connectivity index (χ3v) is 4.06. The molecule has 17 heavy (non-hydrogen) atoms. The SMILES string of the molecule is CCNCC1(c2cccc(OC)c2)CC1CC. The van der Waals surface area contributed by atoms with Crippen LogP contribution in [0.3, 0.4) is 0 Å². The largest absolute Gasteiger partial charge is 0.497 e. The topological polar surface area (TPSA) is 21.3 Å². The Morgan fingerprint density at radius 2 is 2.24 bits per heavy atom. The van der Waals surface area contributed by atoms with Crippen molar-refractivity contribution in [2.45, 2.75) is 32.1 Å². The van der Waals surface area contributed by atoms with Crippen molar-refractivity contribution in [3.8, 4) is 5.75 Å². The van der Waals surface area contributed by atoms with Gasteiger partial charge >= 0.3 is 0 Å². The molecule has 0 amide bonds. The minimum atomic E-state index is 0.360. The summed E-state index contributed by atoms with van der Waals surface area (Å²) in [6.45, 7) is 6.60. The second-order valence-electron chi connectivity index (χ2n) is 4.98. The zero-order chi connectivity index (χ0) is 12.3. The van der Waals surface area contributed by atoms with E-state index in [1.807, 2.05) is 6.07 Å². The van der Waals surface area contributed by atoms with Crippen molar-refractivity contribution in [3.63, 3.8) is 0 Å². The molecule has 1 saturated carbocycles. The Bertz CT molecular complexity index is 377. The first-order valence-corrected chi connectivity index (χ1v) is 6.62. The molecule has 2 rings (SSSR count). The summed E-state index contributed by atoms with van der Waals surface area (Å²) in [5.41, 5.74) is 1.80. The van der Waals surface area contributed by atoms with Crippen molar-refractivity contribution in [2.24, 2.45) is 5.92 Å². The van der Waals surface area contributed by atoms with Crippen LogP contribution in [0.1, 0.15) is 32.3 Å². The molecule has 1 aliphatic rings. The predicted molar refractivity (Wildman–Crippen MR) is 71.6 cm³/mol. The van der Waals surface area contributed by atoms with Gasteiger partial charge in [-0.3, -0.25) is 0 Å². The maximum absolute atomic E-state index is 5.33. The Morgan fingerprint density at radius 3 is 2.82 bits per heavy atom. The van der Waals surface area contributed by atoms with Gasteiger partial charge in [0.05, 0.1) is 7.11 Å². The Morgan fingerprint density at radius 1 is 1.41 bits per heavy atom. The summed E-state index contributed by atoms with van der Waals surface area (Å²) in [5.74, 6) is 1.80. The summed E-state index contributed by atoms with van der Waals surface area (Å²) in [5, 5.41) is 3.51. The maximum atomic E-state index is 5.33. The molecule has 0 aliphatic heterocycles. The lowest BCUT2D eigenvalue weighted by Crippen LogP contribution is -2.28. The summed E-state index contributed by atoms with van der Waals surface area (Å²) in [6, 6.07) is 8.57. The van der Waals surface area contributed by atoms with Crippen molar-refractivity contribution in [1.29, 1.82) is 0 Å². The number of ether oxygens (including phenoxy) is 1. The van der Waals surface area contributed by atoms with Crippen LogP contribution in [-0.4, -0.2) is 20.2 Å². The number of methoxy groups -OCH3 is 1. The van der Waals surface area contributed by atoms with Crippen LogP contribution in [0, 0.1) is 5.92 Å². The molecule has 1 aliphatic carbocycles. The Labute approximate surface area is 104 Å². The van der Waals surface area contributed by atoms with E-state index in [9.17, 15) is 0 Å². The molecule has 0 heterocycles. The van der Waals surface area contributed by atoms with Gasteiger partial charge in [0.25, 0.3) is 0 Å². The van der Waals surface area contributed by atoms with Crippen molar-refractivity contribution in [3.05, 3.63) is 29.8 Å². The number of rotatable bonds is 6. The molecule has 0 spiro atoms. The average Bonchev–Trinajstić information content (AvgIpc) is 3.11. The molecule has 0 aromatic heterocycles. The van der Waals surface area contributed by atoms with Crippen molar-refractivity contribution in [1.82, 2.24) is 5.32 Å². The fourth-order valence-corrected chi connectivity index (χ4v) is 2.87. The molecule has 94 valence electrons. The van der Waals surface area contributed by atoms with E-state index >= 15 is 0 Å². The Kier molecular flexibility index (Phi) is 3.72. The van der Waals surface area contributed by atoms with Gasteiger partial charge in [-0.1, -0.05) is 32.4 Å². The van der Waals surface area contributed by atoms with Gasteiger partial charge in [0.1, 0.15) is 5.75 Å². The van der Waals surface area contributed by atoms with Crippen LogP contribution < -0.4 is 10.1 Å². The highest BCUT2D eigenvalue weighted by Gasteiger charge is 2.53. The summed E-state index contributed by atoms with van der Waals surface area (Å²) >= 11 is 0. The van der Waals surface area contributed by atoms with Crippen LogP contribution >= 0.6 is 0 Å². The van der Waals surface area contributed by atoms with Gasteiger partial charge in [0.2, 0.25) is 0 Å². The minimum absolute atomic E-state index is 0.360. The average molecular weight is 233 g/mol. The monoisotopic (exact) mass is 233 g/mol. The number of benzene rings is 1. The first-order valence-electron chi connectivity index (χ1n) is 6.62. The Hall–Kier alpha value is -1.02. The summed E-state index contributed by atoms with van der Waals surface area (Å²) in [6.07, 6.45) is 2.58. The first-order chi connectivity index (χ1) is 8.26. The predicted octanol–water partition coefficient (Wildman–Crippen LogP) is 2.97. The molecule has 0 saturated heterocycles. The van der Waals surface area contributed by atoms with Crippen molar-refractivity contribution < 1.29 is 4.74 Å². The van der Waals surface area contributed by atoms with Gasteiger partial charge in [-0.25, -0.2) is 0 Å². The first kappa shape index (κ1) is 12.4. The normalized spacial score (nSPS) is 26.9. The van der Waals surface area contributed by atoms with Crippen LogP contribution in [0.25, 0.3) is 0 Å². The second kappa shape index (κ2) is 5.09. The van der Waals surface area contributed by atoms with Gasteiger partial charge in [0, 0.05) is 12.0 Å². The third-order valence-electron chi connectivity index (χ3n) is 4.06. The standard InChI is InChI=1S/C15H23NO/c1-4-12-10-15(12,11-16-5-2)13-7-6-8-14(9-13)17-3/h6-9,12,16H,4-5,10-11H2,1-3H3. The van der Waals surface area contributed by atoms with Crippen LogP contribution in [0.4, 0.5) is 0 Å². The molecule has 1 N–H and O–H groups in total. The van der Waals surface area contributed by atoms with Crippen molar-refractivity contribution >= 4 is 0 Å². The molecular formula is C15H23NO. The summed E-state index contributed by atoms with van der Waals surface area (Å²) in [4.78, 5) is 0. The highest BCUT2D eigenvalue weighted by atomic mass is 16.5. The van der Waals surface area contributed by atoms with Gasteiger partial charge in [-0.15, -0.1) is 0 Å². The molecule has 0 radical (unpaired) electrons. The van der Waals surface area contributed by atoms with E-state index in [4.69, 9.17) is 4.74 Å². The molecule has 0 bridgehead atoms. The zero-order valence-corrected chi connectivity index (χ0v) is 11.1. The van der Waals surface area contributed by atoms with Crippen LogP contribution in [0.15, 0.2) is 24.3 Å². The molecule has 2 heteroatoms. The van der Waals surface area contributed by atoms with Gasteiger partial charge in [-0.2, -0.15) is 0 Å². The van der Waals surface area contributed by atoms with Crippen molar-refractivity contribution in [2.75, 3.05) is 20.2 Å². The van der Waals surface area contributed by atoms with Gasteiger partial charge < -0.3 is 10.1 Å². The molecule has 1 aromatic rings. The van der Waals surface area contributed by atoms with Crippen LogP contribution in [0.5, 0.6) is 5.75 Å². The number of hydrogen-bond acceptors (Lipinski definition) is 2. The smallest absolute Gasteiger partial charge is 0.119 e. The summed E-state index contributed by atoms with van der Waals surface area (Å²) in [7, 11) is 1.74. The molecule has 1 aromatic carbocycles. The van der Waals surface area contributed by atoms with E-state index in [1.54, 1.807) is 7.11 Å².